The monoisotopic (exact) mass is 355 g/mol. The first-order chi connectivity index (χ1) is 12.3. The number of phenols is 1. The molecule has 1 aromatic carbocycles. The van der Waals surface area contributed by atoms with Gasteiger partial charge in [0.05, 0.1) is 23.6 Å². The van der Waals surface area contributed by atoms with E-state index in [0.717, 1.165) is 17.7 Å². The molecule has 9 nitrogen and oxygen atoms in total. The number of para-hydroxylation sites is 1. The quantitative estimate of drug-likeness (QED) is 0.512. The minimum absolute atomic E-state index is 0.0569. The summed E-state index contributed by atoms with van der Waals surface area (Å²) in [5, 5.41) is 9.85. The van der Waals surface area contributed by atoms with Crippen LogP contribution in [-0.4, -0.2) is 38.5 Å². The van der Waals surface area contributed by atoms with Crippen molar-refractivity contribution >= 4 is 22.8 Å². The molecule has 0 saturated carbocycles. The van der Waals surface area contributed by atoms with E-state index in [2.05, 4.69) is 14.7 Å². The van der Waals surface area contributed by atoms with Gasteiger partial charge in [0.1, 0.15) is 11.4 Å². The van der Waals surface area contributed by atoms with Crippen molar-refractivity contribution in [2.24, 2.45) is 7.05 Å². The highest BCUT2D eigenvalue weighted by Gasteiger charge is 2.25. The number of rotatable bonds is 3. The predicted molar refractivity (Wildman–Crippen MR) is 90.5 cm³/mol. The number of ketones is 1. The molecule has 0 aliphatic carbocycles. The van der Waals surface area contributed by atoms with Gasteiger partial charge in [-0.15, -0.1) is 0 Å². The number of phenolic OH excluding ortho intramolecular Hbond substituents is 1. The van der Waals surface area contributed by atoms with Gasteiger partial charge < -0.3 is 9.84 Å². The van der Waals surface area contributed by atoms with Crippen molar-refractivity contribution in [2.75, 3.05) is 7.11 Å². The van der Waals surface area contributed by atoms with Gasteiger partial charge in [0.15, 0.2) is 11.5 Å². The standard InChI is InChI=1S/C17H13N3O6/c1-20-14-10(15(23)19-17(20)25)7-9(12(18-14)16(24)26-2)13(22)8-5-3-4-6-11(8)21/h3-7,21H,1-2H3,(H,19,23,25). The van der Waals surface area contributed by atoms with Gasteiger partial charge in [-0.25, -0.2) is 14.6 Å². The number of esters is 1. The molecule has 0 aliphatic rings. The number of nitrogens with zero attached hydrogens (tertiary/aromatic N) is 2. The molecule has 0 spiro atoms. The summed E-state index contributed by atoms with van der Waals surface area (Å²) >= 11 is 0. The van der Waals surface area contributed by atoms with Gasteiger partial charge >= 0.3 is 11.7 Å². The molecule has 0 unspecified atom stereocenters. The van der Waals surface area contributed by atoms with Crippen LogP contribution in [0.3, 0.4) is 0 Å². The number of aromatic hydroxyl groups is 1. The van der Waals surface area contributed by atoms with Crippen LogP contribution in [0.1, 0.15) is 26.4 Å². The van der Waals surface area contributed by atoms with Crippen molar-refractivity contribution in [3.63, 3.8) is 0 Å². The van der Waals surface area contributed by atoms with Crippen molar-refractivity contribution < 1.29 is 19.4 Å². The molecule has 0 bridgehead atoms. The number of hydrogen-bond acceptors (Lipinski definition) is 7. The fraction of sp³-hybridized carbons (Fsp3) is 0.118. The maximum atomic E-state index is 12.8. The number of pyridine rings is 1. The van der Waals surface area contributed by atoms with Crippen LogP contribution in [0.4, 0.5) is 0 Å². The summed E-state index contributed by atoms with van der Waals surface area (Å²) in [7, 11) is 2.47. The van der Waals surface area contributed by atoms with Crippen LogP contribution in [-0.2, 0) is 11.8 Å². The third-order valence-corrected chi connectivity index (χ3v) is 3.86. The summed E-state index contributed by atoms with van der Waals surface area (Å²) in [4.78, 5) is 54.9. The van der Waals surface area contributed by atoms with Crippen LogP contribution in [0.15, 0.2) is 39.9 Å². The summed E-state index contributed by atoms with van der Waals surface area (Å²) in [6.07, 6.45) is 0. The molecule has 0 radical (unpaired) electrons. The fourth-order valence-electron chi connectivity index (χ4n) is 2.51. The molecule has 0 fully saturated rings. The number of benzene rings is 1. The van der Waals surface area contributed by atoms with Crippen molar-refractivity contribution in [1.29, 1.82) is 0 Å². The van der Waals surface area contributed by atoms with E-state index < -0.39 is 23.0 Å². The Hall–Kier alpha value is -3.75. The first-order valence-electron chi connectivity index (χ1n) is 7.40. The maximum Gasteiger partial charge on any atom is 0.357 e. The molecule has 2 aromatic heterocycles. The predicted octanol–water partition coefficient (Wildman–Crippen LogP) is 0.345. The van der Waals surface area contributed by atoms with E-state index in [9.17, 15) is 24.3 Å². The Balaban J connectivity index is 2.39. The second-order valence-electron chi connectivity index (χ2n) is 5.41. The topological polar surface area (TPSA) is 131 Å². The Bertz CT molecular complexity index is 1180. The van der Waals surface area contributed by atoms with E-state index in [1.54, 1.807) is 0 Å². The summed E-state index contributed by atoms with van der Waals surface area (Å²) in [5.41, 5.74) is -2.21. The second-order valence-corrected chi connectivity index (χ2v) is 5.41. The van der Waals surface area contributed by atoms with Crippen LogP contribution < -0.4 is 11.2 Å². The highest BCUT2D eigenvalue weighted by molar-refractivity contribution is 6.16. The zero-order valence-electron chi connectivity index (χ0n) is 13.8. The van der Waals surface area contributed by atoms with Gasteiger partial charge in [0.25, 0.3) is 5.56 Å². The molecule has 132 valence electrons. The number of fused-ring (bicyclic) bond motifs is 1. The van der Waals surface area contributed by atoms with Crippen molar-refractivity contribution in [1.82, 2.24) is 14.5 Å². The Kier molecular flexibility index (Phi) is 4.13. The normalized spacial score (nSPS) is 10.7. The first-order valence-corrected chi connectivity index (χ1v) is 7.40. The highest BCUT2D eigenvalue weighted by atomic mass is 16.5. The highest BCUT2D eigenvalue weighted by Crippen LogP contribution is 2.23. The number of aromatic nitrogens is 3. The number of aryl methyl sites for hydroxylation is 1. The molecule has 2 N–H and O–H groups in total. The SMILES string of the molecule is COC(=O)c1nc2c(cc1C(=O)c1ccccc1O)c(=O)[nH]c(=O)n2C. The van der Waals surface area contributed by atoms with Gasteiger partial charge in [0.2, 0.25) is 0 Å². The lowest BCUT2D eigenvalue weighted by molar-refractivity contribution is 0.0591. The maximum absolute atomic E-state index is 12.8. The Labute approximate surface area is 145 Å². The van der Waals surface area contributed by atoms with Crippen LogP contribution >= 0.6 is 0 Å². The Morgan fingerprint density at radius 1 is 1.19 bits per heavy atom. The fourth-order valence-corrected chi connectivity index (χ4v) is 2.51. The minimum atomic E-state index is -0.918. The zero-order valence-corrected chi connectivity index (χ0v) is 13.8. The Morgan fingerprint density at radius 2 is 1.88 bits per heavy atom. The summed E-state index contributed by atoms with van der Waals surface area (Å²) in [6, 6.07) is 6.91. The van der Waals surface area contributed by atoms with Crippen LogP contribution in [0.25, 0.3) is 11.0 Å². The number of ether oxygens (including phenoxy) is 1. The first kappa shape index (κ1) is 17.1. The van der Waals surface area contributed by atoms with E-state index in [4.69, 9.17) is 0 Å². The number of methoxy groups -OCH3 is 1. The molecule has 9 heteroatoms. The van der Waals surface area contributed by atoms with Gasteiger partial charge in [-0.3, -0.25) is 19.1 Å². The van der Waals surface area contributed by atoms with E-state index in [1.165, 1.54) is 31.3 Å². The number of carbonyl (C=O) groups excluding carboxylic acids is 2. The second kappa shape index (κ2) is 6.28. The van der Waals surface area contributed by atoms with Gasteiger partial charge in [-0.2, -0.15) is 0 Å². The summed E-state index contributed by atoms with van der Waals surface area (Å²) in [5.74, 6) is -1.92. The number of nitrogens with one attached hydrogen (secondary N) is 1. The number of hydrogen-bond donors (Lipinski definition) is 2. The van der Waals surface area contributed by atoms with E-state index in [0.29, 0.717) is 0 Å². The molecule has 2 heterocycles. The van der Waals surface area contributed by atoms with E-state index >= 15 is 0 Å². The molecular weight excluding hydrogens is 342 g/mol. The molecule has 26 heavy (non-hydrogen) atoms. The van der Waals surface area contributed by atoms with Crippen molar-refractivity contribution in [2.45, 2.75) is 0 Å². The van der Waals surface area contributed by atoms with E-state index in [1.807, 2.05) is 0 Å². The lowest BCUT2D eigenvalue weighted by Gasteiger charge is -2.10. The van der Waals surface area contributed by atoms with Crippen LogP contribution in [0, 0.1) is 0 Å². The molecule has 0 amide bonds. The van der Waals surface area contributed by atoms with E-state index in [-0.39, 0.29) is 33.6 Å². The van der Waals surface area contributed by atoms with Crippen molar-refractivity contribution in [3.8, 4) is 5.75 Å². The molecule has 3 rings (SSSR count). The number of carbonyl (C=O) groups is 2. The average Bonchev–Trinajstić information content (AvgIpc) is 2.64. The third-order valence-electron chi connectivity index (χ3n) is 3.86. The molecule has 0 aliphatic heterocycles. The Morgan fingerprint density at radius 3 is 2.54 bits per heavy atom. The molecule has 0 atom stereocenters. The minimum Gasteiger partial charge on any atom is -0.507 e. The van der Waals surface area contributed by atoms with Crippen molar-refractivity contribution in [3.05, 3.63) is 68.0 Å². The number of H-pyrrole nitrogens is 1. The van der Waals surface area contributed by atoms with Crippen LogP contribution in [0.5, 0.6) is 5.75 Å². The lowest BCUT2D eigenvalue weighted by atomic mass is 10.00. The number of aromatic amines is 1. The van der Waals surface area contributed by atoms with Gasteiger partial charge in [0, 0.05) is 7.05 Å². The average molecular weight is 355 g/mol. The lowest BCUT2D eigenvalue weighted by Crippen LogP contribution is -2.30. The van der Waals surface area contributed by atoms with Gasteiger partial charge in [-0.05, 0) is 18.2 Å². The zero-order chi connectivity index (χ0) is 19.0. The molecular formula is C17H13N3O6. The summed E-state index contributed by atoms with van der Waals surface area (Å²) < 4.78 is 5.69. The van der Waals surface area contributed by atoms with Gasteiger partial charge in [-0.1, -0.05) is 12.1 Å². The molecule has 3 aromatic rings. The largest absolute Gasteiger partial charge is 0.507 e. The third kappa shape index (κ3) is 2.65. The van der Waals surface area contributed by atoms with Crippen LogP contribution in [0.2, 0.25) is 0 Å². The summed E-state index contributed by atoms with van der Waals surface area (Å²) in [6.45, 7) is 0. The molecule has 0 saturated heterocycles. The smallest absolute Gasteiger partial charge is 0.357 e.